The highest BCUT2D eigenvalue weighted by Gasteiger charge is 2.07. The van der Waals surface area contributed by atoms with Gasteiger partial charge in [0.2, 0.25) is 0 Å². The van der Waals surface area contributed by atoms with Crippen LogP contribution in [0, 0.1) is 0 Å². The molecular formula is C18H26N4O2S. The monoisotopic (exact) mass is 362 g/mol. The zero-order valence-electron chi connectivity index (χ0n) is 15.2. The Morgan fingerprint density at radius 3 is 2.76 bits per heavy atom. The van der Waals surface area contributed by atoms with Crippen molar-refractivity contribution < 1.29 is 9.84 Å². The molecule has 0 fully saturated rings. The van der Waals surface area contributed by atoms with Gasteiger partial charge in [0, 0.05) is 11.9 Å². The summed E-state index contributed by atoms with van der Waals surface area (Å²) in [6.07, 6.45) is 0. The summed E-state index contributed by atoms with van der Waals surface area (Å²) in [5.41, 5.74) is 2.03. The summed E-state index contributed by atoms with van der Waals surface area (Å²) in [5.74, 6) is 1.74. The van der Waals surface area contributed by atoms with E-state index < -0.39 is 0 Å². The molecule has 0 amide bonds. The molecular weight excluding hydrogens is 336 g/mol. The summed E-state index contributed by atoms with van der Waals surface area (Å²) in [4.78, 5) is 9.17. The van der Waals surface area contributed by atoms with E-state index in [1.165, 1.54) is 7.11 Å². The predicted molar refractivity (Wildman–Crippen MR) is 103 cm³/mol. The van der Waals surface area contributed by atoms with Crippen LogP contribution >= 0.6 is 11.3 Å². The molecule has 1 aromatic carbocycles. The molecule has 7 heteroatoms. The molecule has 6 nitrogen and oxygen atoms in total. The molecule has 0 bridgehead atoms. The minimum Gasteiger partial charge on any atom is -0.504 e. The number of aliphatic imine (C=N–C) groups is 1. The first-order valence-electron chi connectivity index (χ1n) is 8.35. The van der Waals surface area contributed by atoms with E-state index in [-0.39, 0.29) is 5.75 Å². The molecule has 1 heterocycles. The van der Waals surface area contributed by atoms with E-state index in [1.807, 2.05) is 13.0 Å². The third kappa shape index (κ3) is 5.63. The number of nitrogens with zero attached hydrogens (tertiary/aromatic N) is 2. The Kier molecular flexibility index (Phi) is 7.06. The lowest BCUT2D eigenvalue weighted by Crippen LogP contribution is -2.36. The molecule has 2 rings (SSSR count). The van der Waals surface area contributed by atoms with Crippen LogP contribution in [0.15, 0.2) is 28.6 Å². The molecule has 1 aromatic heterocycles. The molecule has 3 N–H and O–H groups in total. The van der Waals surface area contributed by atoms with E-state index in [0.29, 0.717) is 24.8 Å². The van der Waals surface area contributed by atoms with Crippen molar-refractivity contribution in [1.82, 2.24) is 15.6 Å². The zero-order valence-corrected chi connectivity index (χ0v) is 16.0. The van der Waals surface area contributed by atoms with E-state index in [2.05, 4.69) is 39.8 Å². The van der Waals surface area contributed by atoms with Crippen molar-refractivity contribution >= 4 is 17.3 Å². The maximum atomic E-state index is 9.85. The van der Waals surface area contributed by atoms with Crippen LogP contribution in [0.25, 0.3) is 0 Å². The second-order valence-corrected chi connectivity index (χ2v) is 6.82. The highest BCUT2D eigenvalue weighted by molar-refractivity contribution is 7.09. The van der Waals surface area contributed by atoms with Crippen LogP contribution in [0.3, 0.4) is 0 Å². The quantitative estimate of drug-likeness (QED) is 0.521. The van der Waals surface area contributed by atoms with Crippen LogP contribution in [0.4, 0.5) is 0 Å². The molecule has 0 aliphatic rings. The number of methoxy groups -OCH3 is 1. The number of aromatic nitrogens is 1. The van der Waals surface area contributed by atoms with E-state index in [0.717, 1.165) is 28.8 Å². The molecule has 0 atom stereocenters. The minimum absolute atomic E-state index is 0.122. The number of ether oxygens (including phenoxy) is 1. The first kappa shape index (κ1) is 19.1. The minimum atomic E-state index is 0.122. The van der Waals surface area contributed by atoms with Gasteiger partial charge >= 0.3 is 0 Å². The summed E-state index contributed by atoms with van der Waals surface area (Å²) >= 11 is 1.66. The topological polar surface area (TPSA) is 78.8 Å². The van der Waals surface area contributed by atoms with Crippen molar-refractivity contribution in [3.05, 3.63) is 39.8 Å². The molecule has 0 aliphatic carbocycles. The molecule has 2 aromatic rings. The van der Waals surface area contributed by atoms with Gasteiger partial charge in [-0.25, -0.2) is 9.98 Å². The normalized spacial score (nSPS) is 11.6. The fourth-order valence-electron chi connectivity index (χ4n) is 2.18. The molecule has 0 saturated carbocycles. The number of phenols is 1. The Bertz CT molecular complexity index is 713. The number of aromatic hydroxyl groups is 1. The van der Waals surface area contributed by atoms with E-state index in [9.17, 15) is 5.11 Å². The largest absolute Gasteiger partial charge is 0.504 e. The van der Waals surface area contributed by atoms with E-state index in [1.54, 1.807) is 23.5 Å². The van der Waals surface area contributed by atoms with E-state index in [4.69, 9.17) is 4.74 Å². The number of hydrogen-bond donors (Lipinski definition) is 3. The molecule has 0 saturated heterocycles. The number of rotatable bonds is 7. The van der Waals surface area contributed by atoms with Crippen LogP contribution in [0.2, 0.25) is 0 Å². The Hall–Kier alpha value is -2.28. The Morgan fingerprint density at radius 2 is 2.16 bits per heavy atom. The Labute approximate surface area is 153 Å². The SMILES string of the molecule is CCNC(=NCc1ccc(OC)c(O)c1)NCc1nc(C(C)C)cs1. The maximum absolute atomic E-state index is 9.85. The van der Waals surface area contributed by atoms with Gasteiger partial charge in [-0.05, 0) is 30.5 Å². The van der Waals surface area contributed by atoms with Crippen molar-refractivity contribution in [2.45, 2.75) is 39.8 Å². The van der Waals surface area contributed by atoms with Gasteiger partial charge in [0.05, 0.1) is 25.9 Å². The fourth-order valence-corrected chi connectivity index (χ4v) is 3.07. The number of guanidine groups is 1. The third-order valence-corrected chi connectivity index (χ3v) is 4.44. The highest BCUT2D eigenvalue weighted by Crippen LogP contribution is 2.26. The van der Waals surface area contributed by atoms with Gasteiger partial charge in [-0.3, -0.25) is 0 Å². The zero-order chi connectivity index (χ0) is 18.2. The second-order valence-electron chi connectivity index (χ2n) is 5.88. The predicted octanol–water partition coefficient (Wildman–Crippen LogP) is 3.24. The maximum Gasteiger partial charge on any atom is 0.191 e. The average molecular weight is 362 g/mol. The smallest absolute Gasteiger partial charge is 0.191 e. The van der Waals surface area contributed by atoms with Crippen molar-refractivity contribution in [2.75, 3.05) is 13.7 Å². The Balaban J connectivity index is 1.98. The summed E-state index contributed by atoms with van der Waals surface area (Å²) < 4.78 is 5.05. The van der Waals surface area contributed by atoms with E-state index >= 15 is 0 Å². The molecule has 136 valence electrons. The third-order valence-electron chi connectivity index (χ3n) is 3.58. The number of nitrogens with one attached hydrogen (secondary N) is 2. The van der Waals surface area contributed by atoms with Gasteiger partial charge < -0.3 is 20.5 Å². The van der Waals surface area contributed by atoms with Gasteiger partial charge in [0.25, 0.3) is 0 Å². The molecule has 0 spiro atoms. The van der Waals surface area contributed by atoms with Crippen LogP contribution in [-0.4, -0.2) is 29.7 Å². The number of benzene rings is 1. The van der Waals surface area contributed by atoms with Crippen molar-refractivity contribution in [3.8, 4) is 11.5 Å². The number of hydrogen-bond acceptors (Lipinski definition) is 5. The number of thiazole rings is 1. The van der Waals surface area contributed by atoms with Gasteiger partial charge in [-0.1, -0.05) is 19.9 Å². The van der Waals surface area contributed by atoms with Gasteiger partial charge in [0.15, 0.2) is 17.5 Å². The van der Waals surface area contributed by atoms with Crippen LogP contribution in [0.1, 0.15) is 43.0 Å². The Morgan fingerprint density at radius 1 is 1.36 bits per heavy atom. The molecule has 25 heavy (non-hydrogen) atoms. The molecule has 0 radical (unpaired) electrons. The lowest BCUT2D eigenvalue weighted by molar-refractivity contribution is 0.373. The summed E-state index contributed by atoms with van der Waals surface area (Å²) in [7, 11) is 1.53. The van der Waals surface area contributed by atoms with Crippen molar-refractivity contribution in [3.63, 3.8) is 0 Å². The standard InChI is InChI=1S/C18H26N4O2S/c1-5-19-18(21-10-17-22-14(11-25-17)12(2)3)20-9-13-6-7-16(24-4)15(23)8-13/h6-8,11-12,23H,5,9-10H2,1-4H3,(H2,19,20,21). The molecule has 0 aliphatic heterocycles. The lowest BCUT2D eigenvalue weighted by atomic mass is 10.2. The average Bonchev–Trinajstić information content (AvgIpc) is 3.07. The summed E-state index contributed by atoms with van der Waals surface area (Å²) in [6, 6.07) is 5.30. The van der Waals surface area contributed by atoms with Gasteiger partial charge in [-0.15, -0.1) is 11.3 Å². The summed E-state index contributed by atoms with van der Waals surface area (Å²) in [5, 5.41) is 19.5. The van der Waals surface area contributed by atoms with Gasteiger partial charge in [-0.2, -0.15) is 0 Å². The first-order valence-corrected chi connectivity index (χ1v) is 9.23. The van der Waals surface area contributed by atoms with Crippen molar-refractivity contribution in [2.24, 2.45) is 4.99 Å². The van der Waals surface area contributed by atoms with Crippen LogP contribution in [0.5, 0.6) is 11.5 Å². The second kappa shape index (κ2) is 9.27. The first-order chi connectivity index (χ1) is 12.0. The fraction of sp³-hybridized carbons (Fsp3) is 0.444. The number of phenolic OH excluding ortho intramolecular Hbond substituents is 1. The van der Waals surface area contributed by atoms with Crippen LogP contribution in [-0.2, 0) is 13.1 Å². The van der Waals surface area contributed by atoms with Crippen LogP contribution < -0.4 is 15.4 Å². The summed E-state index contributed by atoms with van der Waals surface area (Å²) in [6.45, 7) is 8.18. The molecule has 0 unspecified atom stereocenters. The van der Waals surface area contributed by atoms with Crippen molar-refractivity contribution in [1.29, 1.82) is 0 Å². The lowest BCUT2D eigenvalue weighted by Gasteiger charge is -2.10. The van der Waals surface area contributed by atoms with Gasteiger partial charge in [0.1, 0.15) is 5.01 Å². The highest BCUT2D eigenvalue weighted by atomic mass is 32.1.